The molecule has 0 bridgehead atoms. The molecule has 2 amide bonds. The maximum atomic E-state index is 12.9. The van der Waals surface area contributed by atoms with Crippen molar-refractivity contribution in [2.75, 3.05) is 12.0 Å². The lowest BCUT2D eigenvalue weighted by Crippen LogP contribution is -2.47. The second-order valence-corrected chi connectivity index (χ2v) is 7.02. The zero-order valence-corrected chi connectivity index (χ0v) is 15.9. The van der Waals surface area contributed by atoms with E-state index in [2.05, 4.69) is 10.6 Å². The Hall–Kier alpha value is -2.05. The smallest absolute Gasteiger partial charge is 0.253 e. The Morgan fingerprint density at radius 3 is 2.50 bits per heavy atom. The van der Waals surface area contributed by atoms with E-state index < -0.39 is 11.9 Å². The largest absolute Gasteiger partial charge is 0.350 e. The fourth-order valence-corrected chi connectivity index (χ4v) is 2.99. The van der Waals surface area contributed by atoms with E-state index in [0.29, 0.717) is 17.0 Å². The number of nitrogens with one attached hydrogen (secondary N) is 2. The summed E-state index contributed by atoms with van der Waals surface area (Å²) < 4.78 is 12.9. The van der Waals surface area contributed by atoms with Crippen LogP contribution in [0.2, 0.25) is 5.02 Å². The average molecular weight is 395 g/mol. The first-order chi connectivity index (χ1) is 12.5. The molecule has 0 heterocycles. The molecule has 2 aromatic carbocycles. The van der Waals surface area contributed by atoms with E-state index in [-0.39, 0.29) is 18.3 Å². The van der Waals surface area contributed by atoms with E-state index in [0.717, 1.165) is 11.3 Å². The summed E-state index contributed by atoms with van der Waals surface area (Å²) in [4.78, 5) is 24.9. The standard InChI is InChI=1S/C19H20ClFN2O2S/c1-26-11-10-17(23-18(24)15-4-2-3-5-16(15)20)19(25)22-12-13-6-8-14(21)9-7-13/h2-9,17H,10-12H2,1H3,(H,22,25)(H,23,24)/t17-/m1/s1. The molecule has 7 heteroatoms. The minimum absolute atomic E-state index is 0.261. The number of thioether (sulfide) groups is 1. The summed E-state index contributed by atoms with van der Waals surface area (Å²) in [6.07, 6.45) is 2.43. The molecule has 0 saturated heterocycles. The van der Waals surface area contributed by atoms with Crippen molar-refractivity contribution < 1.29 is 14.0 Å². The first kappa shape index (κ1) is 20.3. The molecule has 0 unspecified atom stereocenters. The van der Waals surface area contributed by atoms with Crippen molar-refractivity contribution in [1.29, 1.82) is 0 Å². The lowest BCUT2D eigenvalue weighted by atomic mass is 10.1. The predicted molar refractivity (Wildman–Crippen MR) is 104 cm³/mol. The lowest BCUT2D eigenvalue weighted by Gasteiger charge is -2.18. The number of amides is 2. The van der Waals surface area contributed by atoms with Gasteiger partial charge in [0, 0.05) is 6.54 Å². The monoisotopic (exact) mass is 394 g/mol. The summed E-state index contributed by atoms with van der Waals surface area (Å²) in [5, 5.41) is 5.86. The number of benzene rings is 2. The fraction of sp³-hybridized carbons (Fsp3) is 0.263. The van der Waals surface area contributed by atoms with Crippen LogP contribution in [0.4, 0.5) is 4.39 Å². The van der Waals surface area contributed by atoms with E-state index in [1.165, 1.54) is 12.1 Å². The summed E-state index contributed by atoms with van der Waals surface area (Å²) in [6, 6.07) is 11.9. The van der Waals surface area contributed by atoms with Crippen LogP contribution in [0.25, 0.3) is 0 Å². The fourth-order valence-electron chi connectivity index (χ4n) is 2.30. The van der Waals surface area contributed by atoms with Crippen molar-refractivity contribution in [3.63, 3.8) is 0 Å². The summed E-state index contributed by atoms with van der Waals surface area (Å²) in [7, 11) is 0. The first-order valence-corrected chi connectivity index (χ1v) is 9.85. The highest BCUT2D eigenvalue weighted by molar-refractivity contribution is 7.98. The molecular formula is C19H20ClFN2O2S. The minimum atomic E-state index is -0.674. The maximum absolute atomic E-state index is 12.9. The topological polar surface area (TPSA) is 58.2 Å². The van der Waals surface area contributed by atoms with Crippen LogP contribution in [0, 0.1) is 5.82 Å². The van der Waals surface area contributed by atoms with E-state index >= 15 is 0 Å². The van der Waals surface area contributed by atoms with Gasteiger partial charge in [0.2, 0.25) is 5.91 Å². The number of rotatable bonds is 8. The molecule has 2 rings (SSSR count). The van der Waals surface area contributed by atoms with Gasteiger partial charge in [0.05, 0.1) is 10.6 Å². The van der Waals surface area contributed by atoms with Gasteiger partial charge in [0.15, 0.2) is 0 Å². The van der Waals surface area contributed by atoms with Crippen LogP contribution < -0.4 is 10.6 Å². The molecular weight excluding hydrogens is 375 g/mol. The van der Waals surface area contributed by atoms with Crippen molar-refractivity contribution >= 4 is 35.2 Å². The molecule has 1 atom stereocenters. The summed E-state index contributed by atoms with van der Waals surface area (Å²) in [6.45, 7) is 0.261. The molecule has 0 aliphatic carbocycles. The van der Waals surface area contributed by atoms with Gasteiger partial charge in [-0.15, -0.1) is 0 Å². The van der Waals surface area contributed by atoms with E-state index in [1.807, 2.05) is 6.26 Å². The highest BCUT2D eigenvalue weighted by Gasteiger charge is 2.21. The summed E-state index contributed by atoms with van der Waals surface area (Å²) in [5.74, 6) is -0.287. The van der Waals surface area contributed by atoms with Crippen molar-refractivity contribution in [3.05, 3.63) is 70.5 Å². The minimum Gasteiger partial charge on any atom is -0.350 e. The molecule has 0 spiro atoms. The summed E-state index contributed by atoms with van der Waals surface area (Å²) >= 11 is 7.63. The second kappa shape index (κ2) is 10.2. The molecule has 2 aromatic rings. The van der Waals surface area contributed by atoms with Gasteiger partial charge in [0.1, 0.15) is 11.9 Å². The third-order valence-electron chi connectivity index (χ3n) is 3.73. The van der Waals surface area contributed by atoms with Crippen LogP contribution in [0.1, 0.15) is 22.3 Å². The maximum Gasteiger partial charge on any atom is 0.253 e. The van der Waals surface area contributed by atoms with Crippen LogP contribution in [-0.4, -0.2) is 29.9 Å². The highest BCUT2D eigenvalue weighted by atomic mass is 35.5. The van der Waals surface area contributed by atoms with Crippen molar-refractivity contribution in [1.82, 2.24) is 10.6 Å². The predicted octanol–water partition coefficient (Wildman–Crippen LogP) is 3.65. The third kappa shape index (κ3) is 6.04. The van der Waals surface area contributed by atoms with Gasteiger partial charge in [-0.25, -0.2) is 4.39 Å². The molecule has 0 aliphatic rings. The number of carbonyl (C=O) groups is 2. The normalized spacial score (nSPS) is 11.7. The van der Waals surface area contributed by atoms with Gasteiger partial charge in [-0.2, -0.15) is 11.8 Å². The molecule has 26 heavy (non-hydrogen) atoms. The zero-order valence-electron chi connectivity index (χ0n) is 14.3. The van der Waals surface area contributed by atoms with Crippen LogP contribution in [0.5, 0.6) is 0 Å². The third-order valence-corrected chi connectivity index (χ3v) is 4.70. The van der Waals surface area contributed by atoms with Gasteiger partial charge >= 0.3 is 0 Å². The Balaban J connectivity index is 2.00. The summed E-state index contributed by atoms with van der Waals surface area (Å²) in [5.41, 5.74) is 1.11. The highest BCUT2D eigenvalue weighted by Crippen LogP contribution is 2.15. The van der Waals surface area contributed by atoms with Crippen LogP contribution in [0.3, 0.4) is 0 Å². The molecule has 0 radical (unpaired) electrons. The van der Waals surface area contributed by atoms with Crippen LogP contribution >= 0.6 is 23.4 Å². The Morgan fingerprint density at radius 2 is 1.85 bits per heavy atom. The van der Waals surface area contributed by atoms with E-state index in [9.17, 15) is 14.0 Å². The van der Waals surface area contributed by atoms with Crippen molar-refractivity contribution in [2.24, 2.45) is 0 Å². The van der Waals surface area contributed by atoms with Crippen molar-refractivity contribution in [2.45, 2.75) is 19.0 Å². The molecule has 0 saturated carbocycles. The average Bonchev–Trinajstić information content (AvgIpc) is 2.64. The van der Waals surface area contributed by atoms with Gasteiger partial charge < -0.3 is 10.6 Å². The number of halogens is 2. The van der Waals surface area contributed by atoms with E-state index in [1.54, 1.807) is 48.2 Å². The number of hydrogen-bond donors (Lipinski definition) is 2. The van der Waals surface area contributed by atoms with Gasteiger partial charge in [-0.05, 0) is 48.3 Å². The molecule has 138 valence electrons. The van der Waals surface area contributed by atoms with Crippen LogP contribution in [-0.2, 0) is 11.3 Å². The van der Waals surface area contributed by atoms with Gasteiger partial charge in [-0.3, -0.25) is 9.59 Å². The van der Waals surface area contributed by atoms with Gasteiger partial charge in [0.25, 0.3) is 5.91 Å². The second-order valence-electron chi connectivity index (χ2n) is 5.63. The van der Waals surface area contributed by atoms with Crippen molar-refractivity contribution in [3.8, 4) is 0 Å². The number of hydrogen-bond acceptors (Lipinski definition) is 3. The SMILES string of the molecule is CSCC[C@@H](NC(=O)c1ccccc1Cl)C(=O)NCc1ccc(F)cc1. The molecule has 0 aromatic heterocycles. The molecule has 0 fully saturated rings. The molecule has 2 N–H and O–H groups in total. The number of carbonyl (C=O) groups excluding carboxylic acids is 2. The van der Waals surface area contributed by atoms with E-state index in [4.69, 9.17) is 11.6 Å². The Morgan fingerprint density at radius 1 is 1.15 bits per heavy atom. The molecule has 4 nitrogen and oxygen atoms in total. The first-order valence-electron chi connectivity index (χ1n) is 8.07. The lowest BCUT2D eigenvalue weighted by molar-refractivity contribution is -0.123. The Bertz CT molecular complexity index is 755. The molecule has 0 aliphatic heterocycles. The zero-order chi connectivity index (χ0) is 18.9. The Kier molecular flexibility index (Phi) is 7.94. The van der Waals surface area contributed by atoms with Gasteiger partial charge in [-0.1, -0.05) is 35.9 Å². The Labute approximate surface area is 161 Å². The quantitative estimate of drug-likeness (QED) is 0.718. The van der Waals surface area contributed by atoms with Crippen LogP contribution in [0.15, 0.2) is 48.5 Å².